The molecule has 0 unspecified atom stereocenters. The summed E-state index contributed by atoms with van der Waals surface area (Å²) in [7, 11) is 0.861. The summed E-state index contributed by atoms with van der Waals surface area (Å²) in [6, 6.07) is 1.67. The van der Waals surface area contributed by atoms with Crippen LogP contribution in [-0.2, 0) is 0 Å². The summed E-state index contributed by atoms with van der Waals surface area (Å²) in [5.41, 5.74) is 1.60. The van der Waals surface area contributed by atoms with Crippen molar-refractivity contribution >= 4 is 14.6 Å². The highest BCUT2D eigenvalue weighted by atomic mass is 28.4. The van der Waals surface area contributed by atoms with Gasteiger partial charge < -0.3 is 13.9 Å². The van der Waals surface area contributed by atoms with Gasteiger partial charge in [-0.25, -0.2) is 0 Å². The summed E-state index contributed by atoms with van der Waals surface area (Å²) >= 11 is 0. The molecule has 0 aliphatic rings. The smallest absolute Gasteiger partial charge is 0.259 e. The standard InChI is InChI=1S/C17H29NO4Si/c1-11(2)23(12(3)4,13(5)6)22-15-9-14(10-19)16(20-7)18-17(15)21-8/h9-13H,1-8H3. The number of aldehydes is 1. The van der Waals surface area contributed by atoms with Gasteiger partial charge in [0.05, 0.1) is 19.8 Å². The van der Waals surface area contributed by atoms with Crippen molar-refractivity contribution in [2.75, 3.05) is 14.2 Å². The molecule has 0 amide bonds. The maximum atomic E-state index is 11.3. The first-order valence-corrected chi connectivity index (χ1v) is 10.2. The van der Waals surface area contributed by atoms with Crippen molar-refractivity contribution in [2.24, 2.45) is 0 Å². The average Bonchev–Trinajstić information content (AvgIpc) is 2.50. The maximum Gasteiger partial charge on any atom is 0.259 e. The molecule has 0 radical (unpaired) electrons. The molecule has 0 aromatic carbocycles. The van der Waals surface area contributed by atoms with E-state index in [1.54, 1.807) is 13.2 Å². The van der Waals surface area contributed by atoms with Crippen LogP contribution in [0.2, 0.25) is 16.6 Å². The van der Waals surface area contributed by atoms with Gasteiger partial charge in [0.15, 0.2) is 12.0 Å². The molecular weight excluding hydrogens is 310 g/mol. The van der Waals surface area contributed by atoms with Crippen molar-refractivity contribution in [3.05, 3.63) is 11.6 Å². The predicted octanol–water partition coefficient (Wildman–Crippen LogP) is 4.47. The van der Waals surface area contributed by atoms with Crippen LogP contribution in [0.5, 0.6) is 17.5 Å². The third kappa shape index (κ3) is 3.68. The van der Waals surface area contributed by atoms with E-state index in [0.29, 0.717) is 33.8 Å². The Morgan fingerprint density at radius 2 is 1.43 bits per heavy atom. The highest BCUT2D eigenvalue weighted by Gasteiger charge is 2.47. The summed E-state index contributed by atoms with van der Waals surface area (Å²) in [6.45, 7) is 13.2. The van der Waals surface area contributed by atoms with Crippen LogP contribution in [0, 0.1) is 0 Å². The van der Waals surface area contributed by atoms with E-state index in [1.807, 2.05) is 0 Å². The average molecular weight is 340 g/mol. The first-order valence-electron chi connectivity index (χ1n) is 8.01. The minimum atomic E-state index is -2.16. The van der Waals surface area contributed by atoms with Crippen LogP contribution in [0.1, 0.15) is 51.9 Å². The molecular formula is C17H29NO4Si. The molecule has 6 heteroatoms. The van der Waals surface area contributed by atoms with Crippen LogP contribution in [0.4, 0.5) is 0 Å². The first kappa shape index (κ1) is 19.5. The number of methoxy groups -OCH3 is 2. The van der Waals surface area contributed by atoms with E-state index in [4.69, 9.17) is 13.9 Å². The molecule has 0 saturated carbocycles. The number of rotatable bonds is 8. The van der Waals surface area contributed by atoms with Gasteiger partial charge in [-0.15, -0.1) is 0 Å². The maximum absolute atomic E-state index is 11.3. The van der Waals surface area contributed by atoms with Crippen molar-refractivity contribution in [3.8, 4) is 17.5 Å². The molecule has 23 heavy (non-hydrogen) atoms. The molecule has 1 rings (SSSR count). The zero-order valence-electron chi connectivity index (χ0n) is 15.5. The number of hydrogen-bond acceptors (Lipinski definition) is 5. The summed E-state index contributed by atoms with van der Waals surface area (Å²) in [6.07, 6.45) is 0.724. The van der Waals surface area contributed by atoms with Crippen LogP contribution >= 0.6 is 0 Å². The van der Waals surface area contributed by atoms with Crippen LogP contribution in [0.3, 0.4) is 0 Å². The second kappa shape index (κ2) is 7.81. The molecule has 0 fully saturated rings. The minimum absolute atomic E-state index is 0.245. The SMILES string of the molecule is COc1nc(OC)c(O[Si](C(C)C)(C(C)C)C(C)C)cc1C=O. The zero-order valence-corrected chi connectivity index (χ0v) is 16.5. The Bertz CT molecular complexity index is 522. The molecule has 1 aromatic rings. The lowest BCUT2D eigenvalue weighted by molar-refractivity contribution is 0.111. The van der Waals surface area contributed by atoms with Gasteiger partial charge in [0.25, 0.3) is 14.2 Å². The first-order chi connectivity index (χ1) is 10.7. The lowest BCUT2D eigenvalue weighted by Gasteiger charge is -2.42. The van der Waals surface area contributed by atoms with E-state index in [0.717, 1.165) is 6.29 Å². The number of ether oxygens (including phenoxy) is 2. The van der Waals surface area contributed by atoms with Crippen molar-refractivity contribution in [1.82, 2.24) is 4.98 Å². The molecule has 0 aliphatic heterocycles. The van der Waals surface area contributed by atoms with Crippen LogP contribution in [-0.4, -0.2) is 33.8 Å². The third-order valence-corrected chi connectivity index (χ3v) is 10.4. The topological polar surface area (TPSA) is 57.6 Å². The van der Waals surface area contributed by atoms with Gasteiger partial charge in [-0.1, -0.05) is 41.5 Å². The Kier molecular flexibility index (Phi) is 6.62. The van der Waals surface area contributed by atoms with Gasteiger partial charge in [-0.3, -0.25) is 4.79 Å². The summed E-state index contributed by atoms with van der Waals surface area (Å²) < 4.78 is 17.1. The van der Waals surface area contributed by atoms with Gasteiger partial charge in [0.2, 0.25) is 5.88 Å². The van der Waals surface area contributed by atoms with Gasteiger partial charge in [-0.05, 0) is 16.6 Å². The lowest BCUT2D eigenvalue weighted by atomic mass is 10.3. The van der Waals surface area contributed by atoms with Crippen molar-refractivity contribution in [2.45, 2.75) is 58.2 Å². The zero-order chi connectivity index (χ0) is 17.8. The van der Waals surface area contributed by atoms with E-state index in [2.05, 4.69) is 46.5 Å². The number of aromatic nitrogens is 1. The largest absolute Gasteiger partial charge is 0.539 e. The predicted molar refractivity (Wildman–Crippen MR) is 94.4 cm³/mol. The van der Waals surface area contributed by atoms with Gasteiger partial charge in [-0.2, -0.15) is 4.98 Å². The summed E-state index contributed by atoms with van der Waals surface area (Å²) in [4.78, 5) is 15.6. The second-order valence-electron chi connectivity index (χ2n) is 6.63. The summed E-state index contributed by atoms with van der Waals surface area (Å²) in [5.74, 6) is 1.12. The second-order valence-corrected chi connectivity index (χ2v) is 12.0. The number of nitrogens with zero attached hydrogens (tertiary/aromatic N) is 1. The van der Waals surface area contributed by atoms with Gasteiger partial charge >= 0.3 is 0 Å². The van der Waals surface area contributed by atoms with E-state index in [9.17, 15) is 4.79 Å². The van der Waals surface area contributed by atoms with Crippen LogP contribution in [0.15, 0.2) is 6.07 Å². The highest BCUT2D eigenvalue weighted by Crippen LogP contribution is 2.44. The molecule has 0 saturated heterocycles. The quantitative estimate of drug-likeness (QED) is 0.517. The van der Waals surface area contributed by atoms with Crippen molar-refractivity contribution in [1.29, 1.82) is 0 Å². The highest BCUT2D eigenvalue weighted by molar-refractivity contribution is 6.78. The molecule has 1 aromatic heterocycles. The molecule has 130 valence electrons. The van der Waals surface area contributed by atoms with Crippen molar-refractivity contribution in [3.63, 3.8) is 0 Å². The third-order valence-electron chi connectivity index (χ3n) is 4.45. The normalized spacial score (nSPS) is 12.0. The monoisotopic (exact) mass is 339 g/mol. The lowest BCUT2D eigenvalue weighted by Crippen LogP contribution is -2.50. The van der Waals surface area contributed by atoms with E-state index < -0.39 is 8.32 Å². The Labute approximate surface area is 140 Å². The molecule has 0 N–H and O–H groups in total. The summed E-state index contributed by atoms with van der Waals surface area (Å²) in [5, 5.41) is 0. The van der Waals surface area contributed by atoms with Crippen molar-refractivity contribution < 1.29 is 18.7 Å². The van der Waals surface area contributed by atoms with E-state index >= 15 is 0 Å². The molecule has 0 spiro atoms. The Balaban J connectivity index is 3.46. The van der Waals surface area contributed by atoms with E-state index in [-0.39, 0.29) is 5.88 Å². The fourth-order valence-electron chi connectivity index (χ4n) is 3.49. The van der Waals surface area contributed by atoms with Crippen LogP contribution < -0.4 is 13.9 Å². The molecule has 0 bridgehead atoms. The Hall–Kier alpha value is -1.56. The number of pyridine rings is 1. The van der Waals surface area contributed by atoms with Gasteiger partial charge in [0, 0.05) is 6.07 Å². The Morgan fingerprint density at radius 3 is 1.78 bits per heavy atom. The molecule has 0 aliphatic carbocycles. The number of hydrogen-bond donors (Lipinski definition) is 0. The molecule has 5 nitrogen and oxygen atoms in total. The number of carbonyl (C=O) groups excluding carboxylic acids is 1. The number of carbonyl (C=O) groups is 1. The minimum Gasteiger partial charge on any atom is -0.539 e. The fraction of sp³-hybridized carbons (Fsp3) is 0.647. The fourth-order valence-corrected chi connectivity index (χ4v) is 8.72. The molecule has 1 heterocycles. The Morgan fingerprint density at radius 1 is 0.957 bits per heavy atom. The molecule has 0 atom stereocenters. The van der Waals surface area contributed by atoms with E-state index in [1.165, 1.54) is 7.11 Å². The van der Waals surface area contributed by atoms with Gasteiger partial charge in [0.1, 0.15) is 0 Å². The van der Waals surface area contributed by atoms with Crippen LogP contribution in [0.25, 0.3) is 0 Å².